The number of carbonyl (C=O) groups is 2. The van der Waals surface area contributed by atoms with Crippen molar-refractivity contribution in [1.82, 2.24) is 15.5 Å². The topological polar surface area (TPSA) is 61.4 Å². The van der Waals surface area contributed by atoms with Gasteiger partial charge in [0.2, 0.25) is 11.8 Å². The van der Waals surface area contributed by atoms with Crippen LogP contribution in [-0.4, -0.2) is 55.0 Å². The van der Waals surface area contributed by atoms with Crippen molar-refractivity contribution in [2.24, 2.45) is 0 Å². The zero-order chi connectivity index (χ0) is 11.3. The van der Waals surface area contributed by atoms with Crippen molar-refractivity contribution in [2.45, 2.75) is 12.5 Å². The van der Waals surface area contributed by atoms with Crippen LogP contribution >= 0.6 is 24.2 Å². The van der Waals surface area contributed by atoms with Crippen molar-refractivity contribution in [1.29, 1.82) is 0 Å². The Hall–Kier alpha value is -0.460. The molecule has 1 atom stereocenters. The van der Waals surface area contributed by atoms with E-state index in [1.807, 2.05) is 0 Å². The fourth-order valence-electron chi connectivity index (χ4n) is 1.32. The van der Waals surface area contributed by atoms with Gasteiger partial charge in [0, 0.05) is 38.7 Å². The number of hydrogen-bond donors (Lipinski definition) is 2. The number of hydrogen-bond acceptors (Lipinski definition) is 4. The van der Waals surface area contributed by atoms with Crippen molar-refractivity contribution >= 4 is 36.0 Å². The number of carbonyl (C=O) groups excluding carboxylic acids is 2. The van der Waals surface area contributed by atoms with Gasteiger partial charge in [0.15, 0.2) is 0 Å². The fourth-order valence-corrected chi connectivity index (χ4v) is 2.26. The maximum absolute atomic E-state index is 11.8. The summed E-state index contributed by atoms with van der Waals surface area (Å²) in [6.07, 6.45) is 0.360. The summed E-state index contributed by atoms with van der Waals surface area (Å²) in [7, 11) is 3.33. The lowest BCUT2D eigenvalue weighted by Gasteiger charge is -2.20. The normalized spacial score (nSPS) is 18.8. The van der Waals surface area contributed by atoms with E-state index >= 15 is 0 Å². The SMILES string of the molecule is CNC(=O)CCN(C)C(=O)C1CSCN1.Cl. The number of halogens is 1. The van der Waals surface area contributed by atoms with E-state index in [4.69, 9.17) is 0 Å². The lowest BCUT2D eigenvalue weighted by atomic mass is 10.3. The van der Waals surface area contributed by atoms with E-state index in [0.717, 1.165) is 11.6 Å². The second kappa shape index (κ2) is 7.76. The molecule has 0 aromatic carbocycles. The van der Waals surface area contributed by atoms with Crippen molar-refractivity contribution in [3.63, 3.8) is 0 Å². The highest BCUT2D eigenvalue weighted by molar-refractivity contribution is 7.99. The van der Waals surface area contributed by atoms with Crippen molar-refractivity contribution < 1.29 is 9.59 Å². The minimum Gasteiger partial charge on any atom is -0.359 e. The second-order valence-corrected chi connectivity index (χ2v) is 4.49. The van der Waals surface area contributed by atoms with Gasteiger partial charge < -0.3 is 10.2 Å². The molecule has 1 aliphatic heterocycles. The molecular formula is C9H18ClN3O2S. The van der Waals surface area contributed by atoms with Gasteiger partial charge in [-0.2, -0.15) is 0 Å². The Bertz CT molecular complexity index is 247. The van der Waals surface area contributed by atoms with Crippen molar-refractivity contribution in [2.75, 3.05) is 32.3 Å². The Kier molecular flexibility index (Phi) is 7.53. The molecule has 1 heterocycles. The van der Waals surface area contributed by atoms with Crippen LogP contribution in [0.5, 0.6) is 0 Å². The molecule has 0 spiro atoms. The Morgan fingerprint density at radius 2 is 2.25 bits per heavy atom. The third-order valence-electron chi connectivity index (χ3n) is 2.34. The molecule has 1 saturated heterocycles. The molecule has 0 aromatic rings. The Labute approximate surface area is 106 Å². The summed E-state index contributed by atoms with van der Waals surface area (Å²) in [5, 5.41) is 5.64. The van der Waals surface area contributed by atoms with E-state index in [1.165, 1.54) is 0 Å². The lowest BCUT2D eigenvalue weighted by Crippen LogP contribution is -2.44. The van der Waals surface area contributed by atoms with Crippen LogP contribution in [0, 0.1) is 0 Å². The monoisotopic (exact) mass is 267 g/mol. The second-order valence-electron chi connectivity index (χ2n) is 3.45. The van der Waals surface area contributed by atoms with Crippen molar-refractivity contribution in [3.8, 4) is 0 Å². The van der Waals surface area contributed by atoms with Crippen LogP contribution in [0.4, 0.5) is 0 Å². The smallest absolute Gasteiger partial charge is 0.240 e. The van der Waals surface area contributed by atoms with Crippen LogP contribution in [0.15, 0.2) is 0 Å². The fraction of sp³-hybridized carbons (Fsp3) is 0.778. The first-order chi connectivity index (χ1) is 7.15. The highest BCUT2D eigenvalue weighted by Crippen LogP contribution is 2.11. The number of likely N-dealkylation sites (N-methyl/N-ethyl adjacent to an activating group) is 1. The molecule has 1 fully saturated rings. The number of rotatable bonds is 4. The number of amides is 2. The summed E-state index contributed by atoms with van der Waals surface area (Å²) in [5.41, 5.74) is 0. The molecule has 16 heavy (non-hydrogen) atoms. The number of nitrogens with one attached hydrogen (secondary N) is 2. The maximum Gasteiger partial charge on any atom is 0.240 e. The summed E-state index contributed by atoms with van der Waals surface area (Å²) < 4.78 is 0. The van der Waals surface area contributed by atoms with Gasteiger partial charge in [-0.05, 0) is 0 Å². The summed E-state index contributed by atoms with van der Waals surface area (Å²) in [6.45, 7) is 0.474. The van der Waals surface area contributed by atoms with E-state index < -0.39 is 0 Å². The van der Waals surface area contributed by atoms with Crippen LogP contribution in [0.3, 0.4) is 0 Å². The highest BCUT2D eigenvalue weighted by atomic mass is 35.5. The third kappa shape index (κ3) is 4.59. The molecule has 0 aliphatic carbocycles. The minimum atomic E-state index is -0.0790. The molecule has 1 aliphatic rings. The van der Waals surface area contributed by atoms with Gasteiger partial charge >= 0.3 is 0 Å². The number of nitrogens with zero attached hydrogens (tertiary/aromatic N) is 1. The Balaban J connectivity index is 0.00000225. The van der Waals surface area contributed by atoms with Crippen LogP contribution < -0.4 is 10.6 Å². The van der Waals surface area contributed by atoms with E-state index in [0.29, 0.717) is 13.0 Å². The quantitative estimate of drug-likeness (QED) is 0.732. The molecule has 7 heteroatoms. The average molecular weight is 268 g/mol. The largest absolute Gasteiger partial charge is 0.359 e. The average Bonchev–Trinajstić information content (AvgIpc) is 2.77. The molecule has 2 N–H and O–H groups in total. The molecule has 0 aromatic heterocycles. The van der Waals surface area contributed by atoms with Gasteiger partial charge in [-0.15, -0.1) is 24.2 Å². The lowest BCUT2D eigenvalue weighted by molar-refractivity contribution is -0.131. The molecule has 0 radical (unpaired) electrons. The molecular weight excluding hydrogens is 250 g/mol. The standard InChI is InChI=1S/C9H17N3O2S.ClH/c1-10-8(13)3-4-12(2)9(14)7-5-15-6-11-7;/h7,11H,3-6H2,1-2H3,(H,10,13);1H. The van der Waals surface area contributed by atoms with Crippen molar-refractivity contribution in [3.05, 3.63) is 0 Å². The summed E-state index contributed by atoms with van der Waals surface area (Å²) in [4.78, 5) is 24.4. The molecule has 5 nitrogen and oxygen atoms in total. The minimum absolute atomic E-state index is 0. The maximum atomic E-state index is 11.8. The molecule has 1 rings (SSSR count). The van der Waals surface area contributed by atoms with Gasteiger partial charge in [-0.3, -0.25) is 14.9 Å². The van der Waals surface area contributed by atoms with Gasteiger partial charge in [-0.1, -0.05) is 0 Å². The Morgan fingerprint density at radius 3 is 2.75 bits per heavy atom. The third-order valence-corrected chi connectivity index (χ3v) is 3.28. The molecule has 0 saturated carbocycles. The zero-order valence-electron chi connectivity index (χ0n) is 9.49. The van der Waals surface area contributed by atoms with Gasteiger partial charge in [0.1, 0.15) is 0 Å². The van der Waals surface area contributed by atoms with Crippen LogP contribution in [-0.2, 0) is 9.59 Å². The van der Waals surface area contributed by atoms with Gasteiger partial charge in [-0.25, -0.2) is 0 Å². The molecule has 1 unspecified atom stereocenters. The molecule has 2 amide bonds. The first-order valence-corrected chi connectivity index (χ1v) is 6.07. The van der Waals surface area contributed by atoms with E-state index in [9.17, 15) is 9.59 Å². The molecule has 0 bridgehead atoms. The summed E-state index contributed by atoms with van der Waals surface area (Å²) in [5.74, 6) is 1.69. The van der Waals surface area contributed by atoms with Crippen LogP contribution in [0.2, 0.25) is 0 Å². The van der Waals surface area contributed by atoms with E-state index in [2.05, 4.69) is 10.6 Å². The van der Waals surface area contributed by atoms with Gasteiger partial charge in [0.25, 0.3) is 0 Å². The summed E-state index contributed by atoms with van der Waals surface area (Å²) >= 11 is 1.72. The summed E-state index contributed by atoms with van der Waals surface area (Å²) in [6, 6.07) is -0.0790. The highest BCUT2D eigenvalue weighted by Gasteiger charge is 2.25. The predicted octanol–water partition coefficient (Wildman–Crippen LogP) is -0.335. The number of thioether (sulfide) groups is 1. The first kappa shape index (κ1) is 15.5. The van der Waals surface area contributed by atoms with Gasteiger partial charge in [0.05, 0.1) is 6.04 Å². The molecule has 94 valence electrons. The van der Waals surface area contributed by atoms with E-state index in [-0.39, 0.29) is 30.3 Å². The first-order valence-electron chi connectivity index (χ1n) is 4.92. The zero-order valence-corrected chi connectivity index (χ0v) is 11.1. The van der Waals surface area contributed by atoms with Crippen LogP contribution in [0.1, 0.15) is 6.42 Å². The Morgan fingerprint density at radius 1 is 1.56 bits per heavy atom. The van der Waals surface area contributed by atoms with E-state index in [1.54, 1.807) is 30.8 Å². The predicted molar refractivity (Wildman–Crippen MR) is 67.8 cm³/mol. The van der Waals surface area contributed by atoms with Crippen LogP contribution in [0.25, 0.3) is 0 Å².